The largest absolute Gasteiger partial charge is 0.326 e. The summed E-state index contributed by atoms with van der Waals surface area (Å²) in [6, 6.07) is 8.22. The van der Waals surface area contributed by atoms with E-state index in [2.05, 4.69) is 24.0 Å². The normalized spacial score (nSPS) is 10.4. The van der Waals surface area contributed by atoms with Crippen molar-refractivity contribution < 1.29 is 0 Å². The fourth-order valence-electron chi connectivity index (χ4n) is 1.32. The molecule has 1 heterocycles. The molecule has 2 rings (SSSR count). The van der Waals surface area contributed by atoms with Gasteiger partial charge in [-0.05, 0) is 18.6 Å². The second-order valence-electron chi connectivity index (χ2n) is 3.18. The number of benzene rings is 1. The van der Waals surface area contributed by atoms with Crippen molar-refractivity contribution in [3.8, 4) is 10.6 Å². The molecule has 0 fully saturated rings. The summed E-state index contributed by atoms with van der Waals surface area (Å²) in [6.07, 6.45) is 1.90. The van der Waals surface area contributed by atoms with E-state index in [1.165, 1.54) is 4.88 Å². The van der Waals surface area contributed by atoms with Crippen LogP contribution in [-0.4, -0.2) is 4.98 Å². The van der Waals surface area contributed by atoms with Crippen molar-refractivity contribution in [2.75, 3.05) is 0 Å². The molecule has 0 amide bonds. The molecule has 0 bridgehead atoms. The Morgan fingerprint density at radius 1 is 1.43 bits per heavy atom. The van der Waals surface area contributed by atoms with Gasteiger partial charge >= 0.3 is 0 Å². The van der Waals surface area contributed by atoms with E-state index >= 15 is 0 Å². The minimum atomic E-state index is 0.582. The van der Waals surface area contributed by atoms with Crippen LogP contribution in [0.3, 0.4) is 0 Å². The van der Waals surface area contributed by atoms with Gasteiger partial charge in [-0.25, -0.2) is 4.98 Å². The molecule has 0 atom stereocenters. The second-order valence-corrected chi connectivity index (χ2v) is 4.42. The van der Waals surface area contributed by atoms with Crippen LogP contribution in [0, 0.1) is 6.92 Å². The maximum Gasteiger partial charge on any atom is 0.123 e. The van der Waals surface area contributed by atoms with Crippen molar-refractivity contribution in [2.24, 2.45) is 5.73 Å². The lowest BCUT2D eigenvalue weighted by Gasteiger charge is -1.99. The zero-order valence-electron chi connectivity index (χ0n) is 8.03. The molecular weight excluding hydrogens is 192 g/mol. The number of nitrogens with zero attached hydrogens (tertiary/aromatic N) is 1. The highest BCUT2D eigenvalue weighted by atomic mass is 32.1. The number of aromatic nitrogens is 1. The van der Waals surface area contributed by atoms with Crippen molar-refractivity contribution in [3.63, 3.8) is 0 Å². The lowest BCUT2D eigenvalue weighted by Crippen LogP contribution is -1.95. The molecule has 0 radical (unpaired) electrons. The van der Waals surface area contributed by atoms with Gasteiger partial charge in [-0.2, -0.15) is 0 Å². The monoisotopic (exact) mass is 204 g/mol. The Balaban J connectivity index is 2.41. The Labute approximate surface area is 87.4 Å². The maximum absolute atomic E-state index is 5.58. The third-order valence-electron chi connectivity index (χ3n) is 2.03. The van der Waals surface area contributed by atoms with Gasteiger partial charge in [0, 0.05) is 23.2 Å². The molecular formula is C11H12N2S. The van der Waals surface area contributed by atoms with Gasteiger partial charge in [-0.1, -0.05) is 18.2 Å². The zero-order valence-corrected chi connectivity index (χ0v) is 8.84. The Hall–Kier alpha value is -1.19. The van der Waals surface area contributed by atoms with Crippen LogP contribution >= 0.6 is 11.3 Å². The maximum atomic E-state index is 5.58. The quantitative estimate of drug-likeness (QED) is 0.816. The van der Waals surface area contributed by atoms with Gasteiger partial charge < -0.3 is 5.73 Å². The Bertz CT molecular complexity index is 434. The molecule has 0 saturated carbocycles. The second kappa shape index (κ2) is 3.90. The molecule has 0 aliphatic heterocycles. The molecule has 0 unspecified atom stereocenters. The van der Waals surface area contributed by atoms with Crippen molar-refractivity contribution in [3.05, 3.63) is 40.9 Å². The Kier molecular flexibility index (Phi) is 2.61. The zero-order chi connectivity index (χ0) is 9.97. The molecule has 14 heavy (non-hydrogen) atoms. The molecule has 2 N–H and O–H groups in total. The highest BCUT2D eigenvalue weighted by Gasteiger charge is 2.02. The predicted octanol–water partition coefficient (Wildman–Crippen LogP) is 2.58. The van der Waals surface area contributed by atoms with Gasteiger partial charge in [-0.3, -0.25) is 0 Å². The fraction of sp³-hybridized carbons (Fsp3) is 0.182. The van der Waals surface area contributed by atoms with Crippen molar-refractivity contribution in [1.29, 1.82) is 0 Å². The lowest BCUT2D eigenvalue weighted by atomic mass is 10.1. The summed E-state index contributed by atoms with van der Waals surface area (Å²) >= 11 is 1.71. The smallest absolute Gasteiger partial charge is 0.123 e. The van der Waals surface area contributed by atoms with Crippen LogP contribution in [0.5, 0.6) is 0 Å². The van der Waals surface area contributed by atoms with E-state index in [9.17, 15) is 0 Å². The first kappa shape index (κ1) is 9.37. The molecule has 1 aromatic heterocycles. The summed E-state index contributed by atoms with van der Waals surface area (Å²) in [4.78, 5) is 5.57. The minimum Gasteiger partial charge on any atom is -0.326 e. The summed E-state index contributed by atoms with van der Waals surface area (Å²) in [7, 11) is 0. The van der Waals surface area contributed by atoms with Crippen LogP contribution in [0.4, 0.5) is 0 Å². The van der Waals surface area contributed by atoms with Crippen LogP contribution < -0.4 is 5.73 Å². The molecule has 72 valence electrons. The SMILES string of the molecule is Cc1cnc(-c2cccc(CN)c2)s1. The summed E-state index contributed by atoms with van der Waals surface area (Å²) < 4.78 is 0. The Morgan fingerprint density at radius 2 is 2.29 bits per heavy atom. The molecule has 2 aromatic rings. The molecule has 1 aromatic carbocycles. The van der Waals surface area contributed by atoms with E-state index in [1.54, 1.807) is 11.3 Å². The van der Waals surface area contributed by atoms with Gasteiger partial charge in [-0.15, -0.1) is 11.3 Å². The molecule has 0 aliphatic carbocycles. The first-order valence-corrected chi connectivity index (χ1v) is 5.33. The number of thiazole rings is 1. The average Bonchev–Trinajstić information content (AvgIpc) is 2.65. The molecule has 2 nitrogen and oxygen atoms in total. The fourth-order valence-corrected chi connectivity index (χ4v) is 2.08. The summed E-state index contributed by atoms with van der Waals surface area (Å²) in [6.45, 7) is 2.64. The van der Waals surface area contributed by atoms with E-state index < -0.39 is 0 Å². The standard InChI is InChI=1S/C11H12N2S/c1-8-7-13-11(14-8)10-4-2-3-9(5-10)6-12/h2-5,7H,6,12H2,1H3. The first-order chi connectivity index (χ1) is 6.79. The third-order valence-corrected chi connectivity index (χ3v) is 2.99. The number of hydrogen-bond acceptors (Lipinski definition) is 3. The molecule has 3 heteroatoms. The summed E-state index contributed by atoms with van der Waals surface area (Å²) in [5.74, 6) is 0. The van der Waals surface area contributed by atoms with Crippen LogP contribution in [0.1, 0.15) is 10.4 Å². The molecule has 0 saturated heterocycles. The highest BCUT2D eigenvalue weighted by Crippen LogP contribution is 2.24. The topological polar surface area (TPSA) is 38.9 Å². The van der Waals surface area contributed by atoms with Gasteiger partial charge in [0.05, 0.1) is 0 Å². The molecule has 0 spiro atoms. The number of hydrogen-bond donors (Lipinski definition) is 1. The van der Waals surface area contributed by atoms with E-state index in [0.717, 1.165) is 16.1 Å². The summed E-state index contributed by atoms with van der Waals surface area (Å²) in [5.41, 5.74) is 7.89. The van der Waals surface area contributed by atoms with Crippen LogP contribution in [0.2, 0.25) is 0 Å². The highest BCUT2D eigenvalue weighted by molar-refractivity contribution is 7.14. The van der Waals surface area contributed by atoms with Gasteiger partial charge in [0.25, 0.3) is 0 Å². The number of aryl methyl sites for hydroxylation is 1. The van der Waals surface area contributed by atoms with Gasteiger partial charge in [0.2, 0.25) is 0 Å². The molecule has 0 aliphatic rings. The average molecular weight is 204 g/mol. The summed E-state index contributed by atoms with van der Waals surface area (Å²) in [5, 5.41) is 1.07. The van der Waals surface area contributed by atoms with Crippen molar-refractivity contribution in [2.45, 2.75) is 13.5 Å². The minimum absolute atomic E-state index is 0.582. The van der Waals surface area contributed by atoms with Crippen molar-refractivity contribution >= 4 is 11.3 Å². The van der Waals surface area contributed by atoms with Gasteiger partial charge in [0.15, 0.2) is 0 Å². The van der Waals surface area contributed by atoms with Crippen LogP contribution in [-0.2, 0) is 6.54 Å². The predicted molar refractivity (Wildman–Crippen MR) is 60.2 cm³/mol. The van der Waals surface area contributed by atoms with E-state index in [0.29, 0.717) is 6.54 Å². The van der Waals surface area contributed by atoms with E-state index in [-0.39, 0.29) is 0 Å². The number of rotatable bonds is 2. The van der Waals surface area contributed by atoms with Crippen LogP contribution in [0.25, 0.3) is 10.6 Å². The van der Waals surface area contributed by atoms with Gasteiger partial charge in [0.1, 0.15) is 5.01 Å². The Morgan fingerprint density at radius 3 is 2.93 bits per heavy atom. The van der Waals surface area contributed by atoms with E-state index in [4.69, 9.17) is 5.73 Å². The van der Waals surface area contributed by atoms with E-state index in [1.807, 2.05) is 18.3 Å². The van der Waals surface area contributed by atoms with Crippen molar-refractivity contribution in [1.82, 2.24) is 4.98 Å². The third kappa shape index (κ3) is 1.84. The lowest BCUT2D eigenvalue weighted by molar-refractivity contribution is 1.07. The van der Waals surface area contributed by atoms with Crippen LogP contribution in [0.15, 0.2) is 30.5 Å². The first-order valence-electron chi connectivity index (χ1n) is 4.51. The number of nitrogens with two attached hydrogens (primary N) is 1.